The van der Waals surface area contributed by atoms with Gasteiger partial charge in [0.15, 0.2) is 6.10 Å². The number of nitrogens with zero attached hydrogens (tertiary/aromatic N) is 1. The number of rotatable bonds is 24. The molecular formula is C30H53NO9P+. The molecule has 3 atom stereocenters. The topological polar surface area (TPSA) is 129 Å². The molecule has 0 fully saturated rings. The second-order valence-electron chi connectivity index (χ2n) is 10.7. The Morgan fingerprint density at radius 2 is 1.63 bits per heavy atom. The maximum Gasteiger partial charge on any atom is 0.472 e. The predicted octanol–water partition coefficient (Wildman–Crippen LogP) is 5.42. The van der Waals surface area contributed by atoms with Crippen molar-refractivity contribution in [2.45, 2.75) is 83.8 Å². The van der Waals surface area contributed by atoms with E-state index < -0.39 is 38.6 Å². The maximum atomic E-state index is 12.2. The highest BCUT2D eigenvalue weighted by atomic mass is 31.2. The number of aliphatic hydroxyl groups excluding tert-OH is 1. The number of unbranched alkanes of at least 4 members (excludes halogenated alkanes) is 4. The Morgan fingerprint density at radius 1 is 0.927 bits per heavy atom. The summed E-state index contributed by atoms with van der Waals surface area (Å²) in [6.45, 7) is 3.12. The van der Waals surface area contributed by atoms with Crippen LogP contribution in [0.5, 0.6) is 0 Å². The third kappa shape index (κ3) is 27.9. The number of carbonyl (C=O) groups excluding carboxylic acids is 2. The van der Waals surface area contributed by atoms with Crippen molar-refractivity contribution >= 4 is 19.8 Å². The van der Waals surface area contributed by atoms with Crippen molar-refractivity contribution < 1.29 is 47.2 Å². The normalized spacial score (nSPS) is 15.6. The fourth-order valence-corrected chi connectivity index (χ4v) is 3.90. The van der Waals surface area contributed by atoms with Crippen LogP contribution in [0.15, 0.2) is 48.6 Å². The summed E-state index contributed by atoms with van der Waals surface area (Å²) in [7, 11) is 1.37. The van der Waals surface area contributed by atoms with E-state index in [9.17, 15) is 24.2 Å². The zero-order valence-electron chi connectivity index (χ0n) is 25.6. The van der Waals surface area contributed by atoms with Gasteiger partial charge in [-0.1, -0.05) is 68.4 Å². The van der Waals surface area contributed by atoms with E-state index in [1.807, 2.05) is 39.4 Å². The molecule has 0 aromatic rings. The highest BCUT2D eigenvalue weighted by Gasteiger charge is 2.26. The molecule has 236 valence electrons. The van der Waals surface area contributed by atoms with E-state index in [2.05, 4.69) is 25.2 Å². The number of quaternary nitrogens is 1. The van der Waals surface area contributed by atoms with Crippen LogP contribution in [0.3, 0.4) is 0 Å². The molecule has 0 aromatic carbocycles. The number of phosphoric ester groups is 1. The number of hydrogen-bond donors (Lipinski definition) is 2. The van der Waals surface area contributed by atoms with Crippen LogP contribution in [0.4, 0.5) is 0 Å². The molecule has 0 rings (SSSR count). The first kappa shape index (κ1) is 38.9. The number of esters is 2. The van der Waals surface area contributed by atoms with Crippen LogP contribution in [0.2, 0.25) is 0 Å². The van der Waals surface area contributed by atoms with Crippen LogP contribution in [-0.4, -0.2) is 86.1 Å². The van der Waals surface area contributed by atoms with Crippen molar-refractivity contribution in [3.8, 4) is 0 Å². The number of likely N-dealkylation sites (N-methyl/N-ethyl adjacent to an activating group) is 1. The lowest BCUT2D eigenvalue weighted by molar-refractivity contribution is -0.870. The first-order valence-electron chi connectivity index (χ1n) is 14.4. The Bertz CT molecular complexity index is 878. The molecule has 0 aromatic heterocycles. The monoisotopic (exact) mass is 602 g/mol. The van der Waals surface area contributed by atoms with E-state index in [-0.39, 0.29) is 19.6 Å². The van der Waals surface area contributed by atoms with E-state index >= 15 is 0 Å². The van der Waals surface area contributed by atoms with Gasteiger partial charge in [-0.15, -0.1) is 0 Å². The fourth-order valence-electron chi connectivity index (χ4n) is 3.16. The molecule has 0 heterocycles. The molecule has 11 heteroatoms. The average molecular weight is 603 g/mol. The molecule has 0 aliphatic heterocycles. The highest BCUT2D eigenvalue weighted by molar-refractivity contribution is 7.47. The third-order valence-corrected chi connectivity index (χ3v) is 6.48. The lowest BCUT2D eigenvalue weighted by atomic mass is 10.2. The quantitative estimate of drug-likeness (QED) is 0.0372. The van der Waals surface area contributed by atoms with Gasteiger partial charge < -0.3 is 24.0 Å². The highest BCUT2D eigenvalue weighted by Crippen LogP contribution is 2.43. The first-order valence-corrected chi connectivity index (χ1v) is 15.9. The standard InChI is InChI=1S/C30H52NO9P/c1-6-7-8-9-10-11-12-14-17-20-28(33)21-18-15-13-16-19-22-30(34)40-29(25-37-27(2)32)26-39-41(35,36)38-24-23-31(3,4)5/h10-11,13-15,17-18,21,28-29,33H,6-9,12,16,19-20,22-26H2,1-5H3/p+1/b11-10-,15-13+,17-14-,21-18-/t28?,29-/m1/s1. The smallest absolute Gasteiger partial charge is 0.462 e. The summed E-state index contributed by atoms with van der Waals surface area (Å²) in [5, 5.41) is 10.0. The van der Waals surface area contributed by atoms with Crippen LogP contribution < -0.4 is 0 Å². The third-order valence-electron chi connectivity index (χ3n) is 5.50. The van der Waals surface area contributed by atoms with Gasteiger partial charge in [-0.25, -0.2) is 4.57 Å². The SMILES string of the molecule is CCCCC/C=C\C/C=C\CC(O)/C=C\C=C\CCCC(=O)O[C@H](COC(C)=O)COP(=O)(O)OCC[N+](C)(C)C. The van der Waals surface area contributed by atoms with Crippen molar-refractivity contribution in [2.24, 2.45) is 0 Å². The minimum atomic E-state index is -4.36. The van der Waals surface area contributed by atoms with Crippen molar-refractivity contribution in [3.63, 3.8) is 0 Å². The predicted molar refractivity (Wildman–Crippen MR) is 161 cm³/mol. The van der Waals surface area contributed by atoms with Crippen molar-refractivity contribution in [2.75, 3.05) is 47.5 Å². The molecule has 10 nitrogen and oxygen atoms in total. The lowest BCUT2D eigenvalue weighted by Crippen LogP contribution is -2.37. The molecule has 0 amide bonds. The molecule has 2 N–H and O–H groups in total. The van der Waals surface area contributed by atoms with Gasteiger partial charge in [0, 0.05) is 13.3 Å². The number of phosphoric acid groups is 1. The summed E-state index contributed by atoms with van der Waals surface area (Å²) in [6, 6.07) is 0. The summed E-state index contributed by atoms with van der Waals surface area (Å²) in [5.74, 6) is -1.13. The number of aliphatic hydroxyl groups is 1. The molecule has 0 spiro atoms. The summed E-state index contributed by atoms with van der Waals surface area (Å²) in [6.07, 6.45) is 21.4. The van der Waals surface area contributed by atoms with Crippen LogP contribution >= 0.6 is 7.82 Å². The van der Waals surface area contributed by atoms with E-state index in [4.69, 9.17) is 18.5 Å². The van der Waals surface area contributed by atoms with Gasteiger partial charge in [-0.05, 0) is 38.5 Å². The summed E-state index contributed by atoms with van der Waals surface area (Å²) in [5.41, 5.74) is 0. The van der Waals surface area contributed by atoms with Gasteiger partial charge in [0.1, 0.15) is 19.8 Å². The van der Waals surface area contributed by atoms with Crippen LogP contribution in [0.1, 0.15) is 71.6 Å². The van der Waals surface area contributed by atoms with Crippen molar-refractivity contribution in [3.05, 3.63) is 48.6 Å². The summed E-state index contributed by atoms with van der Waals surface area (Å²) < 4.78 is 32.7. The molecule has 0 radical (unpaired) electrons. The minimum absolute atomic E-state index is 0.00151. The number of hydrogen-bond acceptors (Lipinski definition) is 8. The number of allylic oxidation sites excluding steroid dienone is 6. The zero-order chi connectivity index (χ0) is 31.0. The summed E-state index contributed by atoms with van der Waals surface area (Å²) in [4.78, 5) is 33.3. The van der Waals surface area contributed by atoms with E-state index in [1.165, 1.54) is 26.2 Å². The zero-order valence-corrected chi connectivity index (χ0v) is 26.5. The maximum absolute atomic E-state index is 12.2. The largest absolute Gasteiger partial charge is 0.472 e. The Hall–Kier alpha value is -2.07. The van der Waals surface area contributed by atoms with Crippen LogP contribution in [0, 0.1) is 0 Å². The Balaban J connectivity index is 4.33. The van der Waals surface area contributed by atoms with Gasteiger partial charge >= 0.3 is 19.8 Å². The van der Waals surface area contributed by atoms with Gasteiger partial charge in [0.2, 0.25) is 0 Å². The molecule has 0 aliphatic rings. The Morgan fingerprint density at radius 3 is 2.32 bits per heavy atom. The summed E-state index contributed by atoms with van der Waals surface area (Å²) >= 11 is 0. The number of ether oxygens (including phenoxy) is 2. The first-order chi connectivity index (χ1) is 19.3. The number of carbonyl (C=O) groups is 2. The van der Waals surface area contributed by atoms with Gasteiger partial charge in [0.05, 0.1) is 33.9 Å². The van der Waals surface area contributed by atoms with E-state index in [0.717, 1.165) is 12.8 Å². The van der Waals surface area contributed by atoms with Gasteiger partial charge in [0.25, 0.3) is 0 Å². The molecular weight excluding hydrogens is 549 g/mol. The molecule has 2 unspecified atom stereocenters. The molecule has 0 bridgehead atoms. The Kier molecular flexibility index (Phi) is 22.3. The molecule has 41 heavy (non-hydrogen) atoms. The van der Waals surface area contributed by atoms with Crippen LogP contribution in [0.25, 0.3) is 0 Å². The van der Waals surface area contributed by atoms with E-state index in [0.29, 0.717) is 30.3 Å². The van der Waals surface area contributed by atoms with Crippen molar-refractivity contribution in [1.29, 1.82) is 0 Å². The molecule has 0 saturated carbocycles. The minimum Gasteiger partial charge on any atom is -0.462 e. The van der Waals surface area contributed by atoms with Gasteiger partial charge in [-0.3, -0.25) is 18.6 Å². The molecule has 0 saturated heterocycles. The second kappa shape index (κ2) is 23.5. The molecule has 0 aliphatic carbocycles. The van der Waals surface area contributed by atoms with E-state index in [1.54, 1.807) is 12.2 Å². The van der Waals surface area contributed by atoms with Crippen LogP contribution in [-0.2, 0) is 32.7 Å². The fraction of sp³-hybridized carbons (Fsp3) is 0.667. The average Bonchev–Trinajstić information content (AvgIpc) is 2.87. The second-order valence-corrected chi connectivity index (χ2v) is 12.2. The van der Waals surface area contributed by atoms with Gasteiger partial charge in [-0.2, -0.15) is 0 Å². The Labute approximate surface area is 246 Å². The van der Waals surface area contributed by atoms with Crippen molar-refractivity contribution in [1.82, 2.24) is 0 Å². The lowest BCUT2D eigenvalue weighted by Gasteiger charge is -2.24.